The largest absolute Gasteiger partial charge is 0.456 e. The summed E-state index contributed by atoms with van der Waals surface area (Å²) in [4.78, 5) is 4.75. The Bertz CT molecular complexity index is 4040. The Balaban J connectivity index is 1.08. The summed E-state index contributed by atoms with van der Waals surface area (Å²) < 4.78 is 14.0. The first-order chi connectivity index (χ1) is 36.2. The van der Waals surface area contributed by atoms with E-state index in [0.717, 1.165) is 99.9 Å². The molecule has 2 aromatic heterocycles. The SMILES string of the molecule is CC(C)(C)c1ccc(N(c2ccc(C(C)(C)C)cc2)c2ccc3oc4cc5c(-c6cccc7ccccc67)c6oc7ccc(N(c8ccc(C(C)(C)C)cc8)c8ccc(C(C)(C)C)cc8)cc7c6cc5cc4c3c2)cc1. The minimum absolute atomic E-state index is 0.0334. The van der Waals surface area contributed by atoms with E-state index >= 15 is 0 Å². The molecule has 0 fully saturated rings. The van der Waals surface area contributed by atoms with Crippen LogP contribution in [0.5, 0.6) is 0 Å². The van der Waals surface area contributed by atoms with Crippen molar-refractivity contribution in [2.75, 3.05) is 9.80 Å². The number of hydrogen-bond acceptors (Lipinski definition) is 4. The molecule has 0 aliphatic heterocycles. The maximum absolute atomic E-state index is 7.14. The third-order valence-corrected chi connectivity index (χ3v) is 15.7. The normalized spacial score (nSPS) is 12.7. The molecule has 0 saturated carbocycles. The number of benzene rings is 10. The van der Waals surface area contributed by atoms with E-state index in [1.54, 1.807) is 0 Å². The molecule has 12 aromatic rings. The maximum atomic E-state index is 7.14. The average molecular weight is 993 g/mol. The van der Waals surface area contributed by atoms with E-state index in [0.29, 0.717) is 0 Å². The minimum Gasteiger partial charge on any atom is -0.456 e. The Labute approximate surface area is 448 Å². The van der Waals surface area contributed by atoms with Crippen molar-refractivity contribution in [2.24, 2.45) is 0 Å². The van der Waals surface area contributed by atoms with Crippen LogP contribution in [-0.4, -0.2) is 0 Å². The van der Waals surface area contributed by atoms with Crippen LogP contribution in [0.2, 0.25) is 0 Å². The fourth-order valence-corrected chi connectivity index (χ4v) is 11.2. The van der Waals surface area contributed by atoms with E-state index in [1.165, 1.54) is 33.0 Å². The highest BCUT2D eigenvalue weighted by molar-refractivity contribution is 6.24. The first-order valence-electron chi connectivity index (χ1n) is 27.0. The Morgan fingerprint density at radius 3 is 1.12 bits per heavy atom. The van der Waals surface area contributed by atoms with Gasteiger partial charge in [-0.3, -0.25) is 0 Å². The highest BCUT2D eigenvalue weighted by Gasteiger charge is 2.25. The number of fused-ring (bicyclic) bond motifs is 8. The van der Waals surface area contributed by atoms with Crippen LogP contribution in [0, 0.1) is 0 Å². The molecule has 0 N–H and O–H groups in total. The predicted octanol–water partition coefficient (Wildman–Crippen LogP) is 21.6. The van der Waals surface area contributed by atoms with Crippen molar-refractivity contribution < 1.29 is 8.83 Å². The van der Waals surface area contributed by atoms with Gasteiger partial charge in [-0.15, -0.1) is 0 Å². The van der Waals surface area contributed by atoms with Crippen molar-refractivity contribution in [2.45, 2.75) is 105 Å². The standard InChI is InChI=1S/C72H68N2O2/c1-69(2,3)47-20-28-51(29-21-47)73(52-30-22-48(23-31-52)70(4,5)6)55-36-38-64-61(42-55)60-40-46-41-63-62-43-56(74(53-32-24-49(25-33-53)71(7,8)9)54-34-26-50(27-35-54)72(10,11)12)37-39-65(62)76-68(63)67(59(46)44-66(60)75-64)58-19-15-17-45-16-13-14-18-57(45)58/h13-44H,1-12H3. The van der Waals surface area contributed by atoms with Crippen molar-refractivity contribution in [3.05, 3.63) is 216 Å². The van der Waals surface area contributed by atoms with Crippen LogP contribution in [0.15, 0.2) is 203 Å². The van der Waals surface area contributed by atoms with E-state index in [2.05, 4.69) is 287 Å². The summed E-state index contributed by atoms with van der Waals surface area (Å²) in [5, 5.41) is 8.79. The molecule has 0 aliphatic carbocycles. The molecule has 0 spiro atoms. The number of rotatable bonds is 7. The fraction of sp³-hybridized carbons (Fsp3) is 0.222. The van der Waals surface area contributed by atoms with Gasteiger partial charge in [-0.1, -0.05) is 174 Å². The lowest BCUT2D eigenvalue weighted by Gasteiger charge is -2.28. The van der Waals surface area contributed by atoms with Gasteiger partial charge in [0.25, 0.3) is 0 Å². The van der Waals surface area contributed by atoms with Gasteiger partial charge in [-0.05, 0) is 174 Å². The van der Waals surface area contributed by atoms with E-state index in [-0.39, 0.29) is 21.7 Å². The van der Waals surface area contributed by atoms with E-state index in [1.807, 2.05) is 0 Å². The zero-order valence-electron chi connectivity index (χ0n) is 46.2. The van der Waals surface area contributed by atoms with Crippen LogP contribution in [0.4, 0.5) is 34.1 Å². The number of nitrogens with zero attached hydrogens (tertiary/aromatic N) is 2. The lowest BCUT2D eigenvalue weighted by Crippen LogP contribution is -2.14. The van der Waals surface area contributed by atoms with Crippen molar-refractivity contribution >= 4 is 99.5 Å². The van der Waals surface area contributed by atoms with Gasteiger partial charge in [0, 0.05) is 61.2 Å². The summed E-state index contributed by atoms with van der Waals surface area (Å²) >= 11 is 0. The van der Waals surface area contributed by atoms with Crippen LogP contribution >= 0.6 is 0 Å². The number of furan rings is 2. The van der Waals surface area contributed by atoms with E-state index < -0.39 is 0 Å². The molecule has 76 heavy (non-hydrogen) atoms. The molecule has 0 saturated heterocycles. The number of anilines is 6. The Morgan fingerprint density at radius 2 is 0.658 bits per heavy atom. The molecule has 4 heteroatoms. The summed E-state index contributed by atoms with van der Waals surface area (Å²) in [6.45, 7) is 27.2. The molecule has 378 valence electrons. The molecule has 4 nitrogen and oxygen atoms in total. The smallest absolute Gasteiger partial charge is 0.143 e. The topological polar surface area (TPSA) is 32.8 Å². The predicted molar refractivity (Wildman–Crippen MR) is 326 cm³/mol. The van der Waals surface area contributed by atoms with Crippen molar-refractivity contribution in [3.63, 3.8) is 0 Å². The van der Waals surface area contributed by atoms with Gasteiger partial charge in [-0.2, -0.15) is 0 Å². The second-order valence-electron chi connectivity index (χ2n) is 25.1. The van der Waals surface area contributed by atoms with Crippen LogP contribution in [0.1, 0.15) is 105 Å². The van der Waals surface area contributed by atoms with Crippen LogP contribution in [0.3, 0.4) is 0 Å². The average Bonchev–Trinajstić information content (AvgIpc) is 3.98. The van der Waals surface area contributed by atoms with Crippen molar-refractivity contribution in [1.82, 2.24) is 0 Å². The first-order valence-corrected chi connectivity index (χ1v) is 27.0. The molecule has 0 bridgehead atoms. The van der Waals surface area contributed by atoms with Crippen LogP contribution < -0.4 is 9.80 Å². The molecule has 10 aromatic carbocycles. The van der Waals surface area contributed by atoms with Gasteiger partial charge in [-0.25, -0.2) is 0 Å². The Kier molecular flexibility index (Phi) is 11.4. The van der Waals surface area contributed by atoms with Crippen LogP contribution in [-0.2, 0) is 21.7 Å². The molecule has 0 aliphatic rings. The lowest BCUT2D eigenvalue weighted by atomic mass is 9.86. The van der Waals surface area contributed by atoms with Gasteiger partial charge in [0.05, 0.1) is 0 Å². The summed E-state index contributed by atoms with van der Waals surface area (Å²) in [6.07, 6.45) is 0. The summed E-state index contributed by atoms with van der Waals surface area (Å²) in [5.41, 5.74) is 17.4. The van der Waals surface area contributed by atoms with Crippen LogP contribution in [0.25, 0.3) is 76.5 Å². The summed E-state index contributed by atoms with van der Waals surface area (Å²) in [6, 6.07) is 71.8. The zero-order valence-corrected chi connectivity index (χ0v) is 46.2. The molecule has 2 heterocycles. The van der Waals surface area contributed by atoms with E-state index in [9.17, 15) is 0 Å². The van der Waals surface area contributed by atoms with Gasteiger partial charge in [0.15, 0.2) is 0 Å². The van der Waals surface area contributed by atoms with Gasteiger partial charge in [0.2, 0.25) is 0 Å². The van der Waals surface area contributed by atoms with E-state index in [4.69, 9.17) is 8.83 Å². The second-order valence-corrected chi connectivity index (χ2v) is 25.1. The third-order valence-electron chi connectivity index (χ3n) is 15.7. The summed E-state index contributed by atoms with van der Waals surface area (Å²) in [7, 11) is 0. The lowest BCUT2D eigenvalue weighted by molar-refractivity contribution is 0.590. The highest BCUT2D eigenvalue weighted by Crippen LogP contribution is 2.48. The van der Waals surface area contributed by atoms with Gasteiger partial charge in [0.1, 0.15) is 22.3 Å². The number of hydrogen-bond donors (Lipinski definition) is 0. The molecule has 0 unspecified atom stereocenters. The Morgan fingerprint density at radius 1 is 0.276 bits per heavy atom. The quantitative estimate of drug-likeness (QED) is 0.159. The maximum Gasteiger partial charge on any atom is 0.143 e. The molecule has 0 radical (unpaired) electrons. The highest BCUT2D eigenvalue weighted by atomic mass is 16.3. The van der Waals surface area contributed by atoms with Gasteiger partial charge < -0.3 is 18.6 Å². The minimum atomic E-state index is 0.0334. The Hall–Kier alpha value is -8.08. The van der Waals surface area contributed by atoms with Crippen molar-refractivity contribution in [1.29, 1.82) is 0 Å². The van der Waals surface area contributed by atoms with Gasteiger partial charge >= 0.3 is 0 Å². The first kappa shape index (κ1) is 48.8. The third kappa shape index (κ3) is 8.68. The monoisotopic (exact) mass is 993 g/mol. The molecular weight excluding hydrogens is 925 g/mol. The zero-order chi connectivity index (χ0) is 53.1. The molecule has 12 rings (SSSR count). The second kappa shape index (κ2) is 17.8. The van der Waals surface area contributed by atoms with Crippen molar-refractivity contribution in [3.8, 4) is 11.1 Å². The fourth-order valence-electron chi connectivity index (χ4n) is 11.2. The summed E-state index contributed by atoms with van der Waals surface area (Å²) in [5.74, 6) is 0. The molecular formula is C72H68N2O2. The molecule has 0 amide bonds. The molecule has 0 atom stereocenters.